The molecule has 5 heteroatoms. The molecule has 136 valence electrons. The Bertz CT molecular complexity index is 856. The molecule has 0 aromatic heterocycles. The molecular formula is C21H24N2O2S. The number of rotatable bonds is 3. The molecule has 0 radical (unpaired) electrons. The van der Waals surface area contributed by atoms with Crippen LogP contribution in [0.3, 0.4) is 0 Å². The van der Waals surface area contributed by atoms with Crippen LogP contribution in [0.1, 0.15) is 38.5 Å². The van der Waals surface area contributed by atoms with Crippen LogP contribution in [-0.4, -0.2) is 16.8 Å². The highest BCUT2D eigenvalue weighted by molar-refractivity contribution is 8.14. The van der Waals surface area contributed by atoms with Gasteiger partial charge in [0.15, 0.2) is 0 Å². The normalized spacial score (nSPS) is 36.5. The number of benzene rings is 1. The van der Waals surface area contributed by atoms with E-state index in [9.17, 15) is 4.79 Å². The number of thioether (sulfide) groups is 1. The Morgan fingerprint density at radius 2 is 1.85 bits per heavy atom. The maximum absolute atomic E-state index is 13.1. The molecule has 0 saturated heterocycles. The predicted octanol–water partition coefficient (Wildman–Crippen LogP) is 2.57. The third-order valence-corrected chi connectivity index (χ3v) is 7.48. The van der Waals surface area contributed by atoms with Gasteiger partial charge < -0.3 is 4.74 Å². The smallest absolute Gasteiger partial charge is 0.274 e. The molecule has 1 aromatic carbocycles. The lowest BCUT2D eigenvalue weighted by Crippen LogP contribution is -2.50. The zero-order valence-electron chi connectivity index (χ0n) is 14.9. The van der Waals surface area contributed by atoms with E-state index in [2.05, 4.69) is 17.1 Å². The van der Waals surface area contributed by atoms with Crippen molar-refractivity contribution in [2.75, 3.05) is 5.75 Å². The zero-order chi connectivity index (χ0) is 17.7. The summed E-state index contributed by atoms with van der Waals surface area (Å²) in [5.74, 6) is 3.87. The van der Waals surface area contributed by atoms with E-state index in [1.54, 1.807) is 0 Å². The van der Waals surface area contributed by atoms with Crippen molar-refractivity contribution in [1.29, 1.82) is 0 Å². The first-order chi connectivity index (χ1) is 12.6. The van der Waals surface area contributed by atoms with Crippen molar-refractivity contribution >= 4 is 35.2 Å². The lowest BCUT2D eigenvalue weighted by Gasteiger charge is -2.56. The van der Waals surface area contributed by atoms with Crippen molar-refractivity contribution in [3.05, 3.63) is 34.7 Å². The highest BCUT2D eigenvalue weighted by Crippen LogP contribution is 2.60. The van der Waals surface area contributed by atoms with Gasteiger partial charge in [-0.25, -0.2) is 5.43 Å². The van der Waals surface area contributed by atoms with Crippen molar-refractivity contribution in [2.24, 2.45) is 28.3 Å². The van der Waals surface area contributed by atoms with Crippen LogP contribution in [0.4, 0.5) is 0 Å². The fourth-order valence-corrected chi connectivity index (χ4v) is 6.69. The van der Waals surface area contributed by atoms with Gasteiger partial charge in [-0.15, -0.1) is 5.10 Å². The number of ether oxygens (including phenoxy) is 1. The van der Waals surface area contributed by atoms with Gasteiger partial charge in [0, 0.05) is 10.6 Å². The van der Waals surface area contributed by atoms with E-state index in [0.29, 0.717) is 22.6 Å². The van der Waals surface area contributed by atoms with Gasteiger partial charge in [-0.05, 0) is 67.6 Å². The maximum atomic E-state index is 13.1. The van der Waals surface area contributed by atoms with Crippen molar-refractivity contribution in [1.82, 2.24) is 5.43 Å². The summed E-state index contributed by atoms with van der Waals surface area (Å²) < 4.78 is 5.82. The van der Waals surface area contributed by atoms with Crippen molar-refractivity contribution in [2.45, 2.75) is 38.5 Å². The van der Waals surface area contributed by atoms with Gasteiger partial charge in [-0.2, -0.15) is 0 Å². The monoisotopic (exact) mass is 368 g/mol. The fraction of sp³-hybridized carbons (Fsp3) is 0.524. The summed E-state index contributed by atoms with van der Waals surface area (Å²) in [4.78, 5) is 13.1. The molecular weight excluding hydrogens is 344 g/mol. The molecule has 4 saturated carbocycles. The first-order valence-electron chi connectivity index (χ1n) is 9.57. The Kier molecular flexibility index (Phi) is 3.89. The van der Waals surface area contributed by atoms with Crippen LogP contribution >= 0.6 is 11.8 Å². The molecule has 1 heterocycles. The third-order valence-electron chi connectivity index (χ3n) is 6.66. The van der Waals surface area contributed by atoms with Crippen LogP contribution in [-0.2, 0) is 9.53 Å². The van der Waals surface area contributed by atoms with Gasteiger partial charge in [0.05, 0.1) is 5.75 Å². The van der Waals surface area contributed by atoms with E-state index >= 15 is 0 Å². The van der Waals surface area contributed by atoms with Gasteiger partial charge in [-0.3, -0.25) is 4.79 Å². The summed E-state index contributed by atoms with van der Waals surface area (Å²) in [5, 5.41) is 6.56. The molecule has 0 unspecified atom stereocenters. The summed E-state index contributed by atoms with van der Waals surface area (Å²) in [5.41, 5.74) is 2.89. The Morgan fingerprint density at radius 1 is 1.19 bits per heavy atom. The van der Waals surface area contributed by atoms with Crippen molar-refractivity contribution in [3.8, 4) is 0 Å². The highest BCUT2D eigenvalue weighted by atomic mass is 32.2. The summed E-state index contributed by atoms with van der Waals surface area (Å²) >= 11 is 1.42. The second-order valence-corrected chi connectivity index (χ2v) is 9.41. The summed E-state index contributed by atoms with van der Waals surface area (Å²) in [6.07, 6.45) is 7.45. The molecule has 1 N–H and O–H groups in total. The quantitative estimate of drug-likeness (QED) is 0.891. The number of carbonyl (C=O) groups excluding carboxylic acids is 1. The average molecular weight is 369 g/mol. The Labute approximate surface area is 157 Å². The number of hydrogen-bond donors (Lipinski definition) is 1. The van der Waals surface area contributed by atoms with Gasteiger partial charge in [0.2, 0.25) is 5.88 Å². The minimum Gasteiger partial charge on any atom is -0.413 e. The minimum atomic E-state index is -0.0408. The molecule has 0 spiro atoms. The van der Waals surface area contributed by atoms with E-state index in [-0.39, 0.29) is 5.41 Å². The number of carbonyl (C=O) groups is 1. The molecule has 6 rings (SSSR count). The topological polar surface area (TPSA) is 50.7 Å². The largest absolute Gasteiger partial charge is 0.413 e. The number of hydrazone groups is 1. The molecule has 0 amide bonds. The van der Waals surface area contributed by atoms with Crippen LogP contribution in [0.15, 0.2) is 29.4 Å². The van der Waals surface area contributed by atoms with Gasteiger partial charge >= 0.3 is 0 Å². The molecule has 1 aromatic rings. The Morgan fingerprint density at radius 3 is 2.50 bits per heavy atom. The van der Waals surface area contributed by atoms with Gasteiger partial charge in [0.1, 0.15) is 5.78 Å². The zero-order valence-corrected chi connectivity index (χ0v) is 15.7. The summed E-state index contributed by atoms with van der Waals surface area (Å²) in [7, 11) is 0. The third kappa shape index (κ3) is 2.77. The minimum absolute atomic E-state index is 0.0408. The van der Waals surface area contributed by atoms with E-state index in [1.165, 1.54) is 31.0 Å². The molecule has 4 bridgehead atoms. The van der Waals surface area contributed by atoms with E-state index in [4.69, 9.17) is 4.74 Å². The molecule has 5 aliphatic rings. The van der Waals surface area contributed by atoms with Crippen LogP contribution in [0, 0.1) is 23.2 Å². The van der Waals surface area contributed by atoms with E-state index in [1.807, 2.05) is 24.3 Å². The number of nitrogens with zero attached hydrogens (tertiary/aromatic N) is 1. The molecule has 4 aliphatic carbocycles. The Balaban J connectivity index is 1.25. The van der Waals surface area contributed by atoms with Gasteiger partial charge in [0.25, 0.3) is 5.23 Å². The SMILES string of the molecule is C=c1ccccc1=C1NN=C(SCC(=O)C23CC4CC(CC(C4)C2)C3)O1. The summed E-state index contributed by atoms with van der Waals surface area (Å²) in [6.45, 7) is 4.02. The first kappa shape index (κ1) is 16.4. The number of Topliss-reactive ketones (excluding diaryl/α,β-unsaturated/α-hetero) is 1. The first-order valence-corrected chi connectivity index (χ1v) is 10.6. The predicted molar refractivity (Wildman–Crippen MR) is 104 cm³/mol. The molecule has 4 fully saturated rings. The van der Waals surface area contributed by atoms with Crippen molar-refractivity contribution in [3.63, 3.8) is 0 Å². The molecule has 0 atom stereocenters. The second kappa shape index (κ2) is 6.15. The van der Waals surface area contributed by atoms with Crippen LogP contribution < -0.4 is 15.9 Å². The van der Waals surface area contributed by atoms with E-state index < -0.39 is 0 Å². The van der Waals surface area contributed by atoms with Crippen LogP contribution in [0.5, 0.6) is 0 Å². The summed E-state index contributed by atoms with van der Waals surface area (Å²) in [6, 6.07) is 7.79. The van der Waals surface area contributed by atoms with E-state index in [0.717, 1.165) is 47.5 Å². The lowest BCUT2D eigenvalue weighted by molar-refractivity contribution is -0.141. The molecule has 26 heavy (non-hydrogen) atoms. The van der Waals surface area contributed by atoms with Gasteiger partial charge in [-0.1, -0.05) is 36.5 Å². The second-order valence-electron chi connectivity index (χ2n) is 8.49. The average Bonchev–Trinajstić information content (AvgIpc) is 3.07. The fourth-order valence-electron chi connectivity index (χ4n) is 5.88. The molecule has 1 aliphatic heterocycles. The van der Waals surface area contributed by atoms with Crippen LogP contribution in [0.25, 0.3) is 12.5 Å². The molecule has 4 nitrogen and oxygen atoms in total. The number of hydrogen-bond acceptors (Lipinski definition) is 5. The highest BCUT2D eigenvalue weighted by Gasteiger charge is 2.54. The lowest BCUT2D eigenvalue weighted by atomic mass is 9.48. The van der Waals surface area contributed by atoms with Crippen molar-refractivity contribution < 1.29 is 9.53 Å². The number of nitrogens with one attached hydrogen (secondary N) is 1. The maximum Gasteiger partial charge on any atom is 0.274 e. The number of ketones is 1. The van der Waals surface area contributed by atoms with Crippen LogP contribution in [0.2, 0.25) is 0 Å². The standard InChI is InChI=1S/C21H24N2O2S/c1-13-4-2-3-5-17(13)19-22-23-20(25-19)26-12-18(24)21-9-14-6-15(10-21)8-16(7-14)11-21/h2-5,14-16,22H,1,6-12H2. The Hall–Kier alpha value is -1.75.